The first-order valence-corrected chi connectivity index (χ1v) is 9.15. The molecular weight excluding hydrogens is 389 g/mol. The molecule has 0 aromatic heterocycles. The van der Waals surface area contributed by atoms with Crippen LogP contribution in [0.3, 0.4) is 0 Å². The Morgan fingerprint density at radius 2 is 2.20 bits per heavy atom. The van der Waals surface area contributed by atoms with Crippen molar-refractivity contribution in [1.82, 2.24) is 4.31 Å². The lowest BCUT2D eigenvalue weighted by molar-refractivity contribution is -0.0152. The van der Waals surface area contributed by atoms with Crippen LogP contribution in [-0.4, -0.2) is 43.9 Å². The smallest absolute Gasteiger partial charge is 0.243 e. The summed E-state index contributed by atoms with van der Waals surface area (Å²) in [5, 5.41) is 0.470. The fourth-order valence-electron chi connectivity index (χ4n) is 1.99. The van der Waals surface area contributed by atoms with Crippen LogP contribution in [-0.2, 0) is 14.8 Å². The number of rotatable bonds is 3. The number of morpholine rings is 1. The van der Waals surface area contributed by atoms with Gasteiger partial charge < -0.3 is 4.74 Å². The number of nitrogens with zero attached hydrogens (tertiary/aromatic N) is 1. The number of ether oxygens (including phenoxy) is 1. The van der Waals surface area contributed by atoms with E-state index in [1.165, 1.54) is 16.4 Å². The normalized spacial score (nSPS) is 24.8. The molecule has 2 unspecified atom stereocenters. The first-order chi connectivity index (χ1) is 9.36. The molecule has 1 fully saturated rings. The molecule has 0 spiro atoms. The summed E-state index contributed by atoms with van der Waals surface area (Å²) in [5.74, 6) is 0.267. The van der Waals surface area contributed by atoms with Crippen molar-refractivity contribution in [2.75, 3.05) is 19.0 Å². The molecule has 0 amide bonds. The molecular formula is C12H14BrCl2NO3S. The first-order valence-electron chi connectivity index (χ1n) is 6.00. The van der Waals surface area contributed by atoms with Crippen molar-refractivity contribution in [3.05, 3.63) is 27.7 Å². The largest absolute Gasteiger partial charge is 0.374 e. The van der Waals surface area contributed by atoms with E-state index in [2.05, 4.69) is 15.9 Å². The SMILES string of the molecule is CC1COC(CCl)CN1S(=O)(=O)c1ccc(Cl)c(Br)c1. The van der Waals surface area contributed by atoms with Crippen molar-refractivity contribution in [1.29, 1.82) is 0 Å². The number of benzene rings is 1. The van der Waals surface area contributed by atoms with Gasteiger partial charge in [0, 0.05) is 22.9 Å². The Balaban J connectivity index is 2.35. The van der Waals surface area contributed by atoms with E-state index in [0.29, 0.717) is 16.1 Å². The summed E-state index contributed by atoms with van der Waals surface area (Å²) in [6, 6.07) is 4.34. The van der Waals surface area contributed by atoms with Gasteiger partial charge in [-0.2, -0.15) is 4.31 Å². The van der Waals surface area contributed by atoms with Crippen LogP contribution in [0.15, 0.2) is 27.6 Å². The molecule has 20 heavy (non-hydrogen) atoms. The molecule has 1 aliphatic heterocycles. The summed E-state index contributed by atoms with van der Waals surface area (Å²) in [7, 11) is -3.59. The van der Waals surface area contributed by atoms with Crippen LogP contribution >= 0.6 is 39.1 Å². The van der Waals surface area contributed by atoms with Crippen molar-refractivity contribution in [2.45, 2.75) is 24.0 Å². The second-order valence-electron chi connectivity index (χ2n) is 4.61. The summed E-state index contributed by atoms with van der Waals surface area (Å²) in [5.41, 5.74) is 0. The van der Waals surface area contributed by atoms with Gasteiger partial charge in [0.25, 0.3) is 0 Å². The minimum absolute atomic E-state index is 0.204. The predicted octanol–water partition coefficient (Wildman–Crippen LogP) is 3.12. The molecule has 1 aromatic rings. The van der Waals surface area contributed by atoms with Crippen molar-refractivity contribution in [3.8, 4) is 0 Å². The molecule has 1 aliphatic rings. The van der Waals surface area contributed by atoms with Crippen molar-refractivity contribution < 1.29 is 13.2 Å². The van der Waals surface area contributed by atoms with Crippen LogP contribution in [0.5, 0.6) is 0 Å². The molecule has 0 saturated carbocycles. The molecule has 8 heteroatoms. The van der Waals surface area contributed by atoms with Crippen LogP contribution in [0.2, 0.25) is 5.02 Å². The van der Waals surface area contributed by atoms with Crippen LogP contribution in [0, 0.1) is 0 Å². The van der Waals surface area contributed by atoms with Gasteiger partial charge in [0.2, 0.25) is 10.0 Å². The number of hydrogen-bond donors (Lipinski definition) is 0. The Morgan fingerprint density at radius 3 is 2.80 bits per heavy atom. The zero-order chi connectivity index (χ0) is 14.9. The number of alkyl halides is 1. The second-order valence-corrected chi connectivity index (χ2v) is 8.07. The van der Waals surface area contributed by atoms with Gasteiger partial charge in [0.15, 0.2) is 0 Å². The van der Waals surface area contributed by atoms with Gasteiger partial charge >= 0.3 is 0 Å². The van der Waals surface area contributed by atoms with E-state index < -0.39 is 10.0 Å². The molecule has 2 atom stereocenters. The second kappa shape index (κ2) is 6.50. The van der Waals surface area contributed by atoms with Crippen molar-refractivity contribution in [3.63, 3.8) is 0 Å². The standard InChI is InChI=1S/C12H14BrCl2NO3S/c1-8-7-19-9(5-14)6-16(8)20(17,18)10-2-3-12(15)11(13)4-10/h2-4,8-9H,5-7H2,1H3. The molecule has 0 bridgehead atoms. The average molecular weight is 403 g/mol. The Bertz CT molecular complexity index is 596. The zero-order valence-corrected chi connectivity index (χ0v) is 14.6. The van der Waals surface area contributed by atoms with Gasteiger partial charge in [0.1, 0.15) is 0 Å². The highest BCUT2D eigenvalue weighted by Crippen LogP contribution is 2.29. The van der Waals surface area contributed by atoms with Gasteiger partial charge in [-0.15, -0.1) is 11.6 Å². The summed E-state index contributed by atoms with van der Waals surface area (Å²) < 4.78 is 32.8. The predicted molar refractivity (Wildman–Crippen MR) is 83.0 cm³/mol. The molecule has 1 saturated heterocycles. The highest BCUT2D eigenvalue weighted by molar-refractivity contribution is 9.10. The maximum Gasteiger partial charge on any atom is 0.243 e. The van der Waals surface area contributed by atoms with Crippen LogP contribution in [0.25, 0.3) is 0 Å². The number of hydrogen-bond acceptors (Lipinski definition) is 3. The lowest BCUT2D eigenvalue weighted by atomic mass is 10.2. The highest BCUT2D eigenvalue weighted by Gasteiger charge is 2.35. The highest BCUT2D eigenvalue weighted by atomic mass is 79.9. The molecule has 1 aromatic carbocycles. The minimum atomic E-state index is -3.59. The third-order valence-corrected chi connectivity index (χ3v) is 6.65. The third kappa shape index (κ3) is 3.31. The Hall–Kier alpha value is 0.150. The zero-order valence-electron chi connectivity index (χ0n) is 10.7. The molecule has 0 N–H and O–H groups in total. The van der Waals surface area contributed by atoms with Gasteiger partial charge in [-0.1, -0.05) is 11.6 Å². The van der Waals surface area contributed by atoms with Crippen molar-refractivity contribution in [2.24, 2.45) is 0 Å². The fourth-order valence-corrected chi connectivity index (χ4v) is 4.50. The number of sulfonamides is 1. The maximum absolute atomic E-state index is 12.7. The molecule has 0 aliphatic carbocycles. The lowest BCUT2D eigenvalue weighted by Gasteiger charge is -2.36. The monoisotopic (exact) mass is 401 g/mol. The van der Waals surface area contributed by atoms with Gasteiger partial charge in [-0.05, 0) is 41.1 Å². The molecule has 4 nitrogen and oxygen atoms in total. The Kier molecular flexibility index (Phi) is 5.37. The third-order valence-electron chi connectivity index (χ3n) is 3.12. The van der Waals surface area contributed by atoms with Crippen molar-refractivity contribution >= 4 is 49.2 Å². The quantitative estimate of drug-likeness (QED) is 0.729. The average Bonchev–Trinajstić information content (AvgIpc) is 2.42. The van der Waals surface area contributed by atoms with E-state index in [4.69, 9.17) is 27.9 Å². The van der Waals surface area contributed by atoms with Crippen LogP contribution in [0.4, 0.5) is 0 Å². The summed E-state index contributed by atoms with van der Waals surface area (Å²) in [4.78, 5) is 0.204. The summed E-state index contributed by atoms with van der Waals surface area (Å²) in [6.45, 7) is 2.41. The van der Waals surface area contributed by atoms with E-state index >= 15 is 0 Å². The maximum atomic E-state index is 12.7. The number of halogens is 3. The molecule has 112 valence electrons. The van der Waals surface area contributed by atoms with E-state index in [0.717, 1.165) is 0 Å². The van der Waals surface area contributed by atoms with Gasteiger partial charge in [-0.25, -0.2) is 8.42 Å². The van der Waals surface area contributed by atoms with E-state index in [1.807, 2.05) is 6.92 Å². The van der Waals surface area contributed by atoms with Crippen LogP contribution in [0.1, 0.15) is 6.92 Å². The lowest BCUT2D eigenvalue weighted by Crippen LogP contribution is -2.51. The van der Waals surface area contributed by atoms with E-state index in [-0.39, 0.29) is 29.5 Å². The van der Waals surface area contributed by atoms with E-state index in [1.54, 1.807) is 6.07 Å². The van der Waals surface area contributed by atoms with E-state index in [9.17, 15) is 8.42 Å². The molecule has 2 rings (SSSR count). The fraction of sp³-hybridized carbons (Fsp3) is 0.500. The minimum Gasteiger partial charge on any atom is -0.374 e. The topological polar surface area (TPSA) is 46.6 Å². The molecule has 0 radical (unpaired) electrons. The van der Waals surface area contributed by atoms with Gasteiger partial charge in [0.05, 0.1) is 22.6 Å². The Morgan fingerprint density at radius 1 is 1.50 bits per heavy atom. The molecule has 1 heterocycles. The summed E-state index contributed by atoms with van der Waals surface area (Å²) >= 11 is 14.9. The summed E-state index contributed by atoms with van der Waals surface area (Å²) in [6.07, 6.45) is -0.279. The van der Waals surface area contributed by atoms with Crippen LogP contribution < -0.4 is 0 Å². The van der Waals surface area contributed by atoms with Gasteiger partial charge in [-0.3, -0.25) is 0 Å². The first kappa shape index (κ1) is 16.5. The Labute approximate surface area is 137 Å².